The average Bonchev–Trinajstić information content (AvgIpc) is 3.50. The van der Waals surface area contributed by atoms with Gasteiger partial charge in [-0.1, -0.05) is 60.7 Å². The van der Waals surface area contributed by atoms with Crippen molar-refractivity contribution in [3.8, 4) is 0 Å². The number of hydrogen-bond donors (Lipinski definition) is 1. The van der Waals surface area contributed by atoms with Crippen LogP contribution in [-0.4, -0.2) is 35.3 Å². The molecule has 2 aromatic rings. The highest BCUT2D eigenvalue weighted by atomic mass is 16.5. The highest BCUT2D eigenvalue weighted by Gasteiger charge is 2.40. The number of hydrogen-bond acceptors (Lipinski definition) is 4. The van der Waals surface area contributed by atoms with E-state index >= 15 is 0 Å². The minimum absolute atomic E-state index is 0.0769. The summed E-state index contributed by atoms with van der Waals surface area (Å²) >= 11 is 0. The molecule has 1 saturated heterocycles. The molecule has 0 bridgehead atoms. The van der Waals surface area contributed by atoms with Crippen LogP contribution in [0.1, 0.15) is 49.5 Å². The van der Waals surface area contributed by atoms with Crippen LogP contribution in [0.5, 0.6) is 0 Å². The Morgan fingerprint density at radius 3 is 2.20 bits per heavy atom. The Labute approximate surface area is 176 Å². The maximum absolute atomic E-state index is 12.9. The predicted octanol–water partition coefficient (Wildman–Crippen LogP) is 3.16. The summed E-state index contributed by atoms with van der Waals surface area (Å²) in [6, 6.07) is 18.8. The molecule has 6 heteroatoms. The summed E-state index contributed by atoms with van der Waals surface area (Å²) in [5.74, 6) is -1.47. The van der Waals surface area contributed by atoms with Gasteiger partial charge in [-0.15, -0.1) is 0 Å². The molecule has 1 heterocycles. The molecule has 1 N–H and O–H groups in total. The van der Waals surface area contributed by atoms with Gasteiger partial charge in [-0.25, -0.2) is 0 Å². The normalized spacial score (nSPS) is 20.5. The SMILES string of the molecule is C[C@@H](c1ccccc1)N1C[C@@H](C(=O)O[C@H](C(=O)NC2CC2)c2ccccc2)CC1=O. The summed E-state index contributed by atoms with van der Waals surface area (Å²) in [6.07, 6.45) is 0.992. The lowest BCUT2D eigenvalue weighted by atomic mass is 10.1. The van der Waals surface area contributed by atoms with Crippen LogP contribution in [0, 0.1) is 5.92 Å². The van der Waals surface area contributed by atoms with Crippen LogP contribution in [0.3, 0.4) is 0 Å². The first-order valence-electron chi connectivity index (χ1n) is 10.4. The fourth-order valence-corrected chi connectivity index (χ4v) is 3.79. The van der Waals surface area contributed by atoms with Gasteiger partial charge in [-0.05, 0) is 25.3 Å². The first-order valence-corrected chi connectivity index (χ1v) is 10.4. The third-order valence-corrected chi connectivity index (χ3v) is 5.74. The Morgan fingerprint density at radius 2 is 1.60 bits per heavy atom. The fourth-order valence-electron chi connectivity index (χ4n) is 3.79. The van der Waals surface area contributed by atoms with Gasteiger partial charge in [0, 0.05) is 24.6 Å². The number of benzene rings is 2. The van der Waals surface area contributed by atoms with Crippen LogP contribution in [-0.2, 0) is 19.1 Å². The van der Waals surface area contributed by atoms with Crippen molar-refractivity contribution in [1.29, 1.82) is 0 Å². The summed E-state index contributed by atoms with van der Waals surface area (Å²) < 4.78 is 5.66. The molecule has 1 aliphatic carbocycles. The number of carbonyl (C=O) groups is 3. The second-order valence-corrected chi connectivity index (χ2v) is 8.04. The number of esters is 1. The zero-order chi connectivity index (χ0) is 21.1. The fraction of sp³-hybridized carbons (Fsp3) is 0.375. The molecule has 1 aliphatic heterocycles. The first kappa shape index (κ1) is 20.1. The van der Waals surface area contributed by atoms with Crippen LogP contribution >= 0.6 is 0 Å². The minimum Gasteiger partial charge on any atom is -0.447 e. The number of rotatable bonds is 7. The summed E-state index contributed by atoms with van der Waals surface area (Å²) in [4.78, 5) is 39.9. The van der Waals surface area contributed by atoms with Crippen molar-refractivity contribution < 1.29 is 19.1 Å². The minimum atomic E-state index is -1.00. The van der Waals surface area contributed by atoms with Crippen LogP contribution in [0.15, 0.2) is 60.7 Å². The van der Waals surface area contributed by atoms with Crippen molar-refractivity contribution in [3.05, 3.63) is 71.8 Å². The Bertz CT molecular complexity index is 911. The molecule has 156 valence electrons. The molecular formula is C24H26N2O4. The Hall–Kier alpha value is -3.15. The van der Waals surface area contributed by atoms with Crippen molar-refractivity contribution in [2.75, 3.05) is 6.54 Å². The molecule has 4 rings (SSSR count). The molecule has 30 heavy (non-hydrogen) atoms. The van der Waals surface area contributed by atoms with Gasteiger partial charge in [-0.2, -0.15) is 0 Å². The van der Waals surface area contributed by atoms with E-state index in [1.165, 1.54) is 0 Å². The molecule has 0 unspecified atom stereocenters. The van der Waals surface area contributed by atoms with Crippen LogP contribution in [0.4, 0.5) is 0 Å². The van der Waals surface area contributed by atoms with Gasteiger partial charge in [0.05, 0.1) is 12.0 Å². The van der Waals surface area contributed by atoms with Gasteiger partial charge in [0.1, 0.15) is 0 Å². The summed E-state index contributed by atoms with van der Waals surface area (Å²) in [6.45, 7) is 2.25. The quantitative estimate of drug-likeness (QED) is 0.717. The maximum Gasteiger partial charge on any atom is 0.312 e. The molecule has 2 amide bonds. The molecule has 2 fully saturated rings. The molecule has 0 spiro atoms. The van der Waals surface area contributed by atoms with Gasteiger partial charge in [0.25, 0.3) is 5.91 Å². The molecule has 0 radical (unpaired) electrons. The lowest BCUT2D eigenvalue weighted by Crippen LogP contribution is -2.35. The van der Waals surface area contributed by atoms with Crippen molar-refractivity contribution >= 4 is 17.8 Å². The number of amides is 2. The van der Waals surface area contributed by atoms with E-state index in [1.54, 1.807) is 17.0 Å². The molecular weight excluding hydrogens is 380 g/mol. The second-order valence-electron chi connectivity index (χ2n) is 8.04. The average molecular weight is 406 g/mol. The van der Waals surface area contributed by atoms with Crippen molar-refractivity contribution in [2.24, 2.45) is 5.92 Å². The standard InChI is InChI=1S/C24H26N2O4/c1-16(17-8-4-2-5-9-17)26-15-19(14-21(26)27)24(29)30-22(18-10-6-3-7-11-18)23(28)25-20-12-13-20/h2-11,16,19-20,22H,12-15H2,1H3,(H,25,28)/t16-,19-,22-/m0/s1. The van der Waals surface area contributed by atoms with E-state index in [0.29, 0.717) is 12.1 Å². The monoisotopic (exact) mass is 406 g/mol. The van der Waals surface area contributed by atoms with E-state index in [2.05, 4.69) is 5.32 Å². The molecule has 6 nitrogen and oxygen atoms in total. The van der Waals surface area contributed by atoms with Gasteiger partial charge < -0.3 is 15.0 Å². The van der Waals surface area contributed by atoms with Crippen LogP contribution < -0.4 is 5.32 Å². The van der Waals surface area contributed by atoms with Crippen LogP contribution in [0.25, 0.3) is 0 Å². The lowest BCUT2D eigenvalue weighted by molar-refractivity contribution is -0.160. The van der Waals surface area contributed by atoms with Gasteiger partial charge in [0.15, 0.2) is 0 Å². The highest BCUT2D eigenvalue weighted by Crippen LogP contribution is 2.31. The third-order valence-electron chi connectivity index (χ3n) is 5.74. The van der Waals surface area contributed by atoms with Crippen molar-refractivity contribution in [1.82, 2.24) is 10.2 Å². The number of likely N-dealkylation sites (tertiary alicyclic amines) is 1. The first-order chi connectivity index (χ1) is 14.5. The number of ether oxygens (including phenoxy) is 1. The largest absolute Gasteiger partial charge is 0.447 e. The second kappa shape index (κ2) is 8.69. The van der Waals surface area contributed by atoms with Gasteiger partial charge in [-0.3, -0.25) is 14.4 Å². The van der Waals surface area contributed by atoms with Crippen molar-refractivity contribution in [2.45, 2.75) is 44.4 Å². The molecule has 3 atom stereocenters. The summed E-state index contributed by atoms with van der Waals surface area (Å²) in [5.41, 5.74) is 1.65. The van der Waals surface area contributed by atoms with Crippen molar-refractivity contribution in [3.63, 3.8) is 0 Å². The molecule has 2 aliphatic rings. The summed E-state index contributed by atoms with van der Waals surface area (Å²) in [7, 11) is 0. The third kappa shape index (κ3) is 4.53. The number of carbonyl (C=O) groups excluding carboxylic acids is 3. The predicted molar refractivity (Wildman–Crippen MR) is 111 cm³/mol. The van der Waals surface area contributed by atoms with E-state index in [0.717, 1.165) is 18.4 Å². The Balaban J connectivity index is 1.45. The van der Waals surface area contributed by atoms with Crippen LogP contribution in [0.2, 0.25) is 0 Å². The van der Waals surface area contributed by atoms with E-state index in [9.17, 15) is 14.4 Å². The molecule has 2 aromatic carbocycles. The highest BCUT2D eigenvalue weighted by molar-refractivity contribution is 5.89. The van der Waals surface area contributed by atoms with Gasteiger partial charge >= 0.3 is 5.97 Å². The van der Waals surface area contributed by atoms with E-state index in [4.69, 9.17) is 4.74 Å². The topological polar surface area (TPSA) is 75.7 Å². The lowest BCUT2D eigenvalue weighted by Gasteiger charge is -2.25. The molecule has 0 aromatic heterocycles. The van der Waals surface area contributed by atoms with E-state index in [-0.39, 0.29) is 30.3 Å². The Kier molecular flexibility index (Phi) is 5.84. The summed E-state index contributed by atoms with van der Waals surface area (Å²) in [5, 5.41) is 2.91. The number of nitrogens with one attached hydrogen (secondary N) is 1. The maximum atomic E-state index is 12.9. The van der Waals surface area contributed by atoms with E-state index in [1.807, 2.05) is 55.5 Å². The molecule has 1 saturated carbocycles. The van der Waals surface area contributed by atoms with E-state index < -0.39 is 18.0 Å². The van der Waals surface area contributed by atoms with Gasteiger partial charge in [0.2, 0.25) is 12.0 Å². The number of nitrogens with zero attached hydrogens (tertiary/aromatic N) is 1. The zero-order valence-corrected chi connectivity index (χ0v) is 17.0. The smallest absolute Gasteiger partial charge is 0.312 e. The Morgan fingerprint density at radius 1 is 1.00 bits per heavy atom. The zero-order valence-electron chi connectivity index (χ0n) is 17.0.